The van der Waals surface area contributed by atoms with E-state index in [-0.39, 0.29) is 16.8 Å². The first-order chi connectivity index (χ1) is 13.7. The second-order valence-electron chi connectivity index (χ2n) is 10.1. The Kier molecular flexibility index (Phi) is 5.53. The molecule has 0 saturated heterocycles. The summed E-state index contributed by atoms with van der Waals surface area (Å²) in [6, 6.07) is 7.14. The van der Waals surface area contributed by atoms with Gasteiger partial charge < -0.3 is 5.32 Å². The fourth-order valence-corrected chi connectivity index (χ4v) is 7.43. The molecule has 4 fully saturated rings. The molecule has 0 aliphatic heterocycles. The fourth-order valence-electron chi connectivity index (χ4n) is 6.06. The second kappa shape index (κ2) is 7.69. The molecule has 0 radical (unpaired) electrons. The Morgan fingerprint density at radius 3 is 2.07 bits per heavy atom. The van der Waals surface area contributed by atoms with Crippen LogP contribution in [0.2, 0.25) is 0 Å². The van der Waals surface area contributed by atoms with Crippen molar-refractivity contribution in [1.29, 1.82) is 0 Å². The van der Waals surface area contributed by atoms with Crippen molar-refractivity contribution in [2.75, 3.05) is 0 Å². The van der Waals surface area contributed by atoms with E-state index in [1.807, 2.05) is 12.1 Å². The molecule has 0 spiro atoms. The lowest BCUT2D eigenvalue weighted by atomic mass is 9.54. The third kappa shape index (κ3) is 4.24. The lowest BCUT2D eigenvalue weighted by Crippen LogP contribution is -2.62. The van der Waals surface area contributed by atoms with Crippen molar-refractivity contribution in [1.82, 2.24) is 10.0 Å². The van der Waals surface area contributed by atoms with Gasteiger partial charge in [-0.25, -0.2) is 8.42 Å². The van der Waals surface area contributed by atoms with Crippen LogP contribution in [-0.4, -0.2) is 25.9 Å². The number of carbonyl (C=O) groups excluding carboxylic acids is 1. The molecule has 0 heterocycles. The van der Waals surface area contributed by atoms with Gasteiger partial charge in [0.05, 0.1) is 4.90 Å². The summed E-state index contributed by atoms with van der Waals surface area (Å²) >= 11 is 0. The van der Waals surface area contributed by atoms with Crippen molar-refractivity contribution in [3.63, 3.8) is 0 Å². The Labute approximate surface area is 175 Å². The van der Waals surface area contributed by atoms with Crippen LogP contribution in [0.3, 0.4) is 0 Å². The van der Waals surface area contributed by atoms with Crippen molar-refractivity contribution in [3.05, 3.63) is 29.8 Å². The average molecular weight is 419 g/mol. The van der Waals surface area contributed by atoms with E-state index in [2.05, 4.69) is 17.0 Å². The predicted octanol–water partition coefficient (Wildman–Crippen LogP) is 3.64. The summed E-state index contributed by atoms with van der Waals surface area (Å²) < 4.78 is 28.4. The summed E-state index contributed by atoms with van der Waals surface area (Å²) in [5.41, 5.74) is -0.0828. The Morgan fingerprint density at radius 2 is 1.55 bits per heavy atom. The molecule has 1 amide bonds. The largest absolute Gasteiger partial charge is 0.351 e. The number of benzene rings is 1. The van der Waals surface area contributed by atoms with Crippen LogP contribution >= 0.6 is 0 Å². The van der Waals surface area contributed by atoms with Gasteiger partial charge in [-0.1, -0.05) is 25.5 Å². The second-order valence-corrected chi connectivity index (χ2v) is 11.7. The van der Waals surface area contributed by atoms with Crippen LogP contribution in [0, 0.1) is 23.7 Å². The van der Waals surface area contributed by atoms with Gasteiger partial charge in [-0.2, -0.15) is 4.72 Å². The van der Waals surface area contributed by atoms with Gasteiger partial charge in [-0.15, -0.1) is 0 Å². The van der Waals surface area contributed by atoms with Crippen LogP contribution in [-0.2, 0) is 21.2 Å². The standard InChI is InChI=1S/C23H34N2O3S/c1-4-5-15-6-8-20(9-7-15)29(27,28)25-23(2,3)22(26)24-21-18-11-16-10-17(13-18)14-19(21)12-16/h6-9,16-19,21,25H,4-5,10-14H2,1-3H3,(H,24,26). The van der Waals surface area contributed by atoms with E-state index < -0.39 is 15.6 Å². The van der Waals surface area contributed by atoms with Crippen LogP contribution in [0.5, 0.6) is 0 Å². The van der Waals surface area contributed by atoms with E-state index in [1.54, 1.807) is 26.0 Å². The third-order valence-corrected chi connectivity index (χ3v) is 8.93. The molecule has 4 saturated carbocycles. The lowest BCUT2D eigenvalue weighted by molar-refractivity contribution is -0.129. The van der Waals surface area contributed by atoms with Crippen molar-refractivity contribution < 1.29 is 13.2 Å². The molecular formula is C23H34N2O3S. The molecule has 1 aromatic rings. The first kappa shape index (κ1) is 20.9. The minimum atomic E-state index is -3.77. The van der Waals surface area contributed by atoms with Gasteiger partial charge in [0.1, 0.15) is 5.54 Å². The van der Waals surface area contributed by atoms with Gasteiger partial charge in [-0.3, -0.25) is 4.79 Å². The number of sulfonamides is 1. The highest BCUT2D eigenvalue weighted by Crippen LogP contribution is 2.53. The minimum Gasteiger partial charge on any atom is -0.351 e. The molecule has 2 N–H and O–H groups in total. The maximum Gasteiger partial charge on any atom is 0.241 e. The van der Waals surface area contributed by atoms with Crippen molar-refractivity contribution >= 4 is 15.9 Å². The van der Waals surface area contributed by atoms with Crippen LogP contribution < -0.4 is 10.0 Å². The normalized spacial score (nSPS) is 31.1. The lowest BCUT2D eigenvalue weighted by Gasteiger charge is -2.54. The summed E-state index contributed by atoms with van der Waals surface area (Å²) in [7, 11) is -3.77. The number of hydrogen-bond donors (Lipinski definition) is 2. The van der Waals surface area contributed by atoms with Gasteiger partial charge in [0, 0.05) is 6.04 Å². The monoisotopic (exact) mass is 418 g/mol. The smallest absolute Gasteiger partial charge is 0.241 e. The van der Waals surface area contributed by atoms with E-state index >= 15 is 0 Å². The van der Waals surface area contributed by atoms with Gasteiger partial charge in [0.15, 0.2) is 0 Å². The number of carbonyl (C=O) groups is 1. The summed E-state index contributed by atoms with van der Waals surface area (Å²) in [5, 5.41) is 3.24. The topological polar surface area (TPSA) is 75.3 Å². The molecule has 0 unspecified atom stereocenters. The minimum absolute atomic E-state index is 0.201. The van der Waals surface area contributed by atoms with E-state index in [0.717, 1.165) is 30.2 Å². The number of rotatable bonds is 7. The summed E-state index contributed by atoms with van der Waals surface area (Å²) in [5.74, 6) is 2.59. The van der Waals surface area contributed by atoms with Gasteiger partial charge in [-0.05, 0) is 93.7 Å². The van der Waals surface area contributed by atoms with Crippen molar-refractivity contribution in [3.8, 4) is 0 Å². The van der Waals surface area contributed by atoms with Crippen LogP contribution in [0.1, 0.15) is 64.9 Å². The third-order valence-electron chi connectivity index (χ3n) is 7.25. The molecule has 4 aliphatic rings. The van der Waals surface area contributed by atoms with E-state index in [9.17, 15) is 13.2 Å². The Hall–Kier alpha value is -1.40. The zero-order valence-electron chi connectivity index (χ0n) is 17.8. The molecule has 5 nitrogen and oxygen atoms in total. The Balaban J connectivity index is 1.43. The molecule has 1 aromatic carbocycles. The molecule has 29 heavy (non-hydrogen) atoms. The van der Waals surface area contributed by atoms with Crippen LogP contribution in [0.4, 0.5) is 0 Å². The fraction of sp³-hybridized carbons (Fsp3) is 0.696. The highest BCUT2D eigenvalue weighted by atomic mass is 32.2. The zero-order valence-corrected chi connectivity index (χ0v) is 18.6. The summed E-state index contributed by atoms with van der Waals surface area (Å²) in [6.07, 6.45) is 8.18. The molecule has 4 bridgehead atoms. The summed E-state index contributed by atoms with van der Waals surface area (Å²) in [4.78, 5) is 13.3. The molecule has 160 valence electrons. The predicted molar refractivity (Wildman–Crippen MR) is 114 cm³/mol. The maximum absolute atomic E-state index is 13.1. The molecular weight excluding hydrogens is 384 g/mol. The van der Waals surface area contributed by atoms with E-state index in [1.165, 1.54) is 32.1 Å². The average Bonchev–Trinajstić information content (AvgIpc) is 2.64. The Bertz CT molecular complexity index is 833. The zero-order chi connectivity index (χ0) is 20.8. The highest BCUT2D eigenvalue weighted by molar-refractivity contribution is 7.89. The van der Waals surface area contributed by atoms with Crippen molar-refractivity contribution in [2.45, 2.75) is 82.2 Å². The number of nitrogens with one attached hydrogen (secondary N) is 2. The van der Waals surface area contributed by atoms with Crippen LogP contribution in [0.15, 0.2) is 29.2 Å². The molecule has 6 heteroatoms. The van der Waals surface area contributed by atoms with Gasteiger partial charge in [0.25, 0.3) is 0 Å². The Morgan fingerprint density at radius 1 is 1.00 bits per heavy atom. The highest BCUT2D eigenvalue weighted by Gasteiger charge is 2.49. The first-order valence-electron chi connectivity index (χ1n) is 11.1. The molecule has 5 rings (SSSR count). The quantitative estimate of drug-likeness (QED) is 0.710. The van der Waals surface area contributed by atoms with Gasteiger partial charge >= 0.3 is 0 Å². The van der Waals surface area contributed by atoms with Crippen LogP contribution in [0.25, 0.3) is 0 Å². The molecule has 4 aliphatic carbocycles. The molecule has 0 atom stereocenters. The maximum atomic E-state index is 13.1. The first-order valence-corrected chi connectivity index (χ1v) is 12.6. The number of amides is 1. The molecule has 0 aromatic heterocycles. The number of hydrogen-bond acceptors (Lipinski definition) is 3. The summed E-state index contributed by atoms with van der Waals surface area (Å²) in [6.45, 7) is 5.40. The van der Waals surface area contributed by atoms with E-state index in [4.69, 9.17) is 0 Å². The SMILES string of the molecule is CCCc1ccc(S(=O)(=O)NC(C)(C)C(=O)NC2C3CC4CC(C3)CC2C4)cc1. The van der Waals surface area contributed by atoms with Gasteiger partial charge in [0.2, 0.25) is 15.9 Å². The number of aryl methyl sites for hydroxylation is 1. The van der Waals surface area contributed by atoms with E-state index in [0.29, 0.717) is 11.8 Å². The van der Waals surface area contributed by atoms with Crippen molar-refractivity contribution in [2.24, 2.45) is 23.7 Å².